The molecule has 3 heterocycles. The van der Waals surface area contributed by atoms with Crippen LogP contribution in [0.25, 0.3) is 17.1 Å². The van der Waals surface area contributed by atoms with Crippen molar-refractivity contribution in [1.29, 1.82) is 0 Å². The second-order valence-electron chi connectivity index (χ2n) is 8.37. The summed E-state index contributed by atoms with van der Waals surface area (Å²) in [7, 11) is 0. The molecule has 2 fully saturated rings. The lowest BCUT2D eigenvalue weighted by atomic mass is 9.88. The monoisotopic (exact) mass is 469 g/mol. The number of hydrogen-bond donors (Lipinski definition) is 1. The lowest BCUT2D eigenvalue weighted by Gasteiger charge is -2.34. The molecule has 0 radical (unpaired) electrons. The smallest absolute Gasteiger partial charge is 0.253 e. The van der Waals surface area contributed by atoms with Crippen LogP contribution in [0.15, 0.2) is 42.5 Å². The maximum atomic E-state index is 13.0. The predicted molar refractivity (Wildman–Crippen MR) is 123 cm³/mol. The molecule has 3 aromatic rings. The SMILES string of the molecule is O=C(C=Cc1cc(Cl)cc(Cl)c1)N1C[C@H]2CCN(C(=O)c3ccc4n[nH]nc4c3)C[C@@H]2C1. The van der Waals surface area contributed by atoms with Gasteiger partial charge in [0.15, 0.2) is 0 Å². The third-order valence-electron chi connectivity index (χ3n) is 6.27. The first-order chi connectivity index (χ1) is 15.5. The number of rotatable bonds is 3. The molecule has 5 rings (SSSR count). The van der Waals surface area contributed by atoms with E-state index < -0.39 is 0 Å². The molecule has 0 aliphatic carbocycles. The zero-order valence-electron chi connectivity index (χ0n) is 17.2. The minimum Gasteiger partial charge on any atom is -0.339 e. The molecule has 2 amide bonds. The van der Waals surface area contributed by atoms with Crippen molar-refractivity contribution >= 4 is 52.1 Å². The Morgan fingerprint density at radius 2 is 1.66 bits per heavy atom. The van der Waals surface area contributed by atoms with Crippen LogP contribution in [0.2, 0.25) is 10.0 Å². The van der Waals surface area contributed by atoms with Gasteiger partial charge in [0.1, 0.15) is 11.0 Å². The molecule has 0 spiro atoms. The Morgan fingerprint density at radius 1 is 0.938 bits per heavy atom. The van der Waals surface area contributed by atoms with Crippen molar-refractivity contribution in [2.75, 3.05) is 26.2 Å². The summed E-state index contributed by atoms with van der Waals surface area (Å²) in [4.78, 5) is 29.5. The maximum Gasteiger partial charge on any atom is 0.253 e. The molecule has 0 saturated carbocycles. The number of benzene rings is 2. The fraction of sp³-hybridized carbons (Fsp3) is 0.304. The van der Waals surface area contributed by atoms with Gasteiger partial charge in [-0.2, -0.15) is 15.4 Å². The largest absolute Gasteiger partial charge is 0.339 e. The first-order valence-electron chi connectivity index (χ1n) is 10.5. The molecule has 2 saturated heterocycles. The number of likely N-dealkylation sites (tertiary alicyclic amines) is 2. The van der Waals surface area contributed by atoms with Crippen LogP contribution < -0.4 is 0 Å². The lowest BCUT2D eigenvalue weighted by Crippen LogP contribution is -2.43. The second kappa shape index (κ2) is 8.56. The van der Waals surface area contributed by atoms with Crippen LogP contribution in [-0.2, 0) is 4.79 Å². The highest BCUT2D eigenvalue weighted by molar-refractivity contribution is 6.34. The van der Waals surface area contributed by atoms with Gasteiger partial charge in [0.25, 0.3) is 5.91 Å². The number of amides is 2. The van der Waals surface area contributed by atoms with E-state index in [2.05, 4.69) is 15.4 Å². The van der Waals surface area contributed by atoms with Gasteiger partial charge in [-0.15, -0.1) is 0 Å². The number of carbonyl (C=O) groups is 2. The summed E-state index contributed by atoms with van der Waals surface area (Å²) in [6.07, 6.45) is 4.19. The summed E-state index contributed by atoms with van der Waals surface area (Å²) in [5.41, 5.74) is 2.81. The van der Waals surface area contributed by atoms with Gasteiger partial charge >= 0.3 is 0 Å². The highest BCUT2D eigenvalue weighted by Crippen LogP contribution is 2.32. The number of carbonyl (C=O) groups excluding carboxylic acids is 2. The molecule has 2 aliphatic heterocycles. The van der Waals surface area contributed by atoms with Crippen LogP contribution in [0.4, 0.5) is 0 Å². The van der Waals surface area contributed by atoms with E-state index in [1.165, 1.54) is 0 Å². The summed E-state index contributed by atoms with van der Waals surface area (Å²) >= 11 is 12.1. The molecule has 1 N–H and O–H groups in total. The first-order valence-corrected chi connectivity index (χ1v) is 11.2. The first kappa shape index (κ1) is 21.0. The Balaban J connectivity index is 1.23. The van der Waals surface area contributed by atoms with Gasteiger partial charge < -0.3 is 9.80 Å². The number of hydrogen-bond acceptors (Lipinski definition) is 4. The minimum atomic E-state index is -0.0372. The Kier molecular flexibility index (Phi) is 5.61. The Morgan fingerprint density at radius 3 is 2.47 bits per heavy atom. The molecule has 32 heavy (non-hydrogen) atoms. The van der Waals surface area contributed by atoms with Gasteiger partial charge in [-0.25, -0.2) is 0 Å². The lowest BCUT2D eigenvalue weighted by molar-refractivity contribution is -0.125. The molecule has 2 aromatic carbocycles. The number of H-pyrrole nitrogens is 1. The van der Waals surface area contributed by atoms with Crippen molar-refractivity contribution in [2.45, 2.75) is 6.42 Å². The summed E-state index contributed by atoms with van der Waals surface area (Å²) in [6, 6.07) is 10.5. The number of fused-ring (bicyclic) bond motifs is 2. The number of aromatic amines is 1. The highest BCUT2D eigenvalue weighted by Gasteiger charge is 2.39. The summed E-state index contributed by atoms with van der Waals surface area (Å²) in [6.45, 7) is 2.71. The normalized spacial score (nSPS) is 20.8. The van der Waals surface area contributed by atoms with E-state index in [-0.39, 0.29) is 17.7 Å². The number of aromatic nitrogens is 3. The zero-order valence-corrected chi connectivity index (χ0v) is 18.7. The number of nitrogens with one attached hydrogen (secondary N) is 1. The maximum absolute atomic E-state index is 13.0. The molecule has 9 heteroatoms. The molecule has 164 valence electrons. The van der Waals surface area contributed by atoms with Crippen molar-refractivity contribution < 1.29 is 9.59 Å². The van der Waals surface area contributed by atoms with Crippen molar-refractivity contribution in [2.24, 2.45) is 11.8 Å². The topological polar surface area (TPSA) is 82.2 Å². The van der Waals surface area contributed by atoms with Crippen molar-refractivity contribution in [3.63, 3.8) is 0 Å². The fourth-order valence-corrected chi connectivity index (χ4v) is 5.18. The Labute approximate surface area is 195 Å². The third kappa shape index (κ3) is 4.23. The Hall–Kier alpha value is -2.90. The third-order valence-corrected chi connectivity index (χ3v) is 6.70. The molecule has 2 aliphatic rings. The zero-order chi connectivity index (χ0) is 22.2. The van der Waals surface area contributed by atoms with E-state index in [0.717, 1.165) is 24.0 Å². The standard InChI is InChI=1S/C23H21Cl2N5O2/c24-18-7-14(8-19(25)10-18)1-4-22(31)30-11-16-5-6-29(12-17(16)13-30)23(32)15-2-3-20-21(9-15)27-28-26-20/h1-4,7-10,16-17H,5-6,11-13H2,(H,26,27,28)/t16-,17-/m1/s1. The average molecular weight is 470 g/mol. The van der Waals surface area contributed by atoms with Crippen molar-refractivity contribution in [3.05, 3.63) is 63.6 Å². The summed E-state index contributed by atoms with van der Waals surface area (Å²) in [5, 5.41) is 11.7. The van der Waals surface area contributed by atoms with Crippen LogP contribution in [0, 0.1) is 11.8 Å². The van der Waals surface area contributed by atoms with E-state index in [9.17, 15) is 9.59 Å². The number of piperidine rings is 1. The average Bonchev–Trinajstić information content (AvgIpc) is 3.42. The Bertz CT molecular complexity index is 1200. The molecule has 1 aromatic heterocycles. The number of halogens is 2. The predicted octanol–water partition coefficient (Wildman–Crippen LogP) is 3.90. The van der Waals surface area contributed by atoms with Gasteiger partial charge in [0.2, 0.25) is 5.91 Å². The molecule has 0 bridgehead atoms. The van der Waals surface area contributed by atoms with E-state index >= 15 is 0 Å². The molecule has 7 nitrogen and oxygen atoms in total. The molecule has 0 unspecified atom stereocenters. The second-order valence-corrected chi connectivity index (χ2v) is 9.24. The van der Waals surface area contributed by atoms with Gasteiger partial charge in [-0.3, -0.25) is 9.59 Å². The van der Waals surface area contributed by atoms with E-state index in [1.807, 2.05) is 9.80 Å². The fourth-order valence-electron chi connectivity index (χ4n) is 4.63. The van der Waals surface area contributed by atoms with Crippen LogP contribution in [0.3, 0.4) is 0 Å². The van der Waals surface area contributed by atoms with Gasteiger partial charge in [-0.05, 0) is 66.3 Å². The highest BCUT2D eigenvalue weighted by atomic mass is 35.5. The minimum absolute atomic E-state index is 0.00384. The van der Waals surface area contributed by atoms with Crippen LogP contribution in [0.5, 0.6) is 0 Å². The molecule has 2 atom stereocenters. The van der Waals surface area contributed by atoms with Crippen LogP contribution in [-0.4, -0.2) is 63.2 Å². The quantitative estimate of drug-likeness (QED) is 0.589. The molecular formula is C23H21Cl2N5O2. The van der Waals surface area contributed by atoms with Crippen LogP contribution in [0.1, 0.15) is 22.3 Å². The van der Waals surface area contributed by atoms with Gasteiger partial charge in [0.05, 0.1) is 0 Å². The molecular weight excluding hydrogens is 449 g/mol. The number of nitrogens with zero attached hydrogens (tertiary/aromatic N) is 4. The summed E-state index contributed by atoms with van der Waals surface area (Å²) in [5.74, 6) is 0.650. The van der Waals surface area contributed by atoms with Crippen molar-refractivity contribution in [1.82, 2.24) is 25.2 Å². The van der Waals surface area contributed by atoms with Crippen molar-refractivity contribution in [3.8, 4) is 0 Å². The van der Waals surface area contributed by atoms with E-state index in [4.69, 9.17) is 23.2 Å². The van der Waals surface area contributed by atoms with Crippen LogP contribution >= 0.6 is 23.2 Å². The van der Waals surface area contributed by atoms with Gasteiger partial charge in [0, 0.05) is 47.9 Å². The van der Waals surface area contributed by atoms with E-state index in [1.54, 1.807) is 48.6 Å². The van der Waals surface area contributed by atoms with E-state index in [0.29, 0.717) is 46.7 Å². The summed E-state index contributed by atoms with van der Waals surface area (Å²) < 4.78 is 0. The van der Waals surface area contributed by atoms with Gasteiger partial charge in [-0.1, -0.05) is 23.2 Å².